The van der Waals surface area contributed by atoms with E-state index in [1.165, 1.54) is 24.5 Å². The van der Waals surface area contributed by atoms with Gasteiger partial charge in [0, 0.05) is 10.9 Å². The van der Waals surface area contributed by atoms with Crippen molar-refractivity contribution in [1.82, 2.24) is 10.3 Å². The summed E-state index contributed by atoms with van der Waals surface area (Å²) in [6.45, 7) is 1.80. The maximum absolute atomic E-state index is 13.8. The van der Waals surface area contributed by atoms with Gasteiger partial charge in [0.2, 0.25) is 0 Å². The standard InChI is InChI=1S/C19H17FN2O2S/c1-12(14-8-9-17(24-2)15(20)10-14)21-18(23)16-11-25-19(22-16)13-6-4-3-5-7-13/h3-12H,1-2H3,(H,21,23)/t12-/m0/s1. The molecule has 2 aromatic carbocycles. The van der Waals surface area contributed by atoms with E-state index in [0.717, 1.165) is 10.6 Å². The molecule has 0 bridgehead atoms. The molecule has 0 aliphatic rings. The van der Waals surface area contributed by atoms with E-state index in [1.54, 1.807) is 24.4 Å². The number of methoxy groups -OCH3 is 1. The second kappa shape index (κ2) is 7.44. The highest BCUT2D eigenvalue weighted by molar-refractivity contribution is 7.13. The van der Waals surface area contributed by atoms with Crippen molar-refractivity contribution in [2.45, 2.75) is 13.0 Å². The number of halogens is 1. The Morgan fingerprint density at radius 2 is 2.00 bits per heavy atom. The van der Waals surface area contributed by atoms with Gasteiger partial charge in [0.15, 0.2) is 11.6 Å². The van der Waals surface area contributed by atoms with Crippen LogP contribution in [-0.2, 0) is 0 Å². The molecule has 0 saturated heterocycles. The van der Waals surface area contributed by atoms with Gasteiger partial charge in [0.25, 0.3) is 5.91 Å². The molecule has 0 radical (unpaired) electrons. The molecule has 0 unspecified atom stereocenters. The summed E-state index contributed by atoms with van der Waals surface area (Å²) in [6, 6.07) is 14.0. The number of aromatic nitrogens is 1. The van der Waals surface area contributed by atoms with Gasteiger partial charge in [-0.2, -0.15) is 0 Å². The van der Waals surface area contributed by atoms with Crippen molar-refractivity contribution in [2.24, 2.45) is 0 Å². The van der Waals surface area contributed by atoms with Crippen molar-refractivity contribution in [3.8, 4) is 16.3 Å². The van der Waals surface area contributed by atoms with Gasteiger partial charge in [0.1, 0.15) is 10.7 Å². The summed E-state index contributed by atoms with van der Waals surface area (Å²) in [5.74, 6) is -0.572. The van der Waals surface area contributed by atoms with E-state index >= 15 is 0 Å². The SMILES string of the molecule is COc1ccc([C@H](C)NC(=O)c2csc(-c3ccccc3)n2)cc1F. The van der Waals surface area contributed by atoms with E-state index in [9.17, 15) is 9.18 Å². The molecule has 0 spiro atoms. The number of thiazole rings is 1. The number of nitrogens with one attached hydrogen (secondary N) is 1. The number of hydrogen-bond acceptors (Lipinski definition) is 4. The highest BCUT2D eigenvalue weighted by Crippen LogP contribution is 2.24. The fourth-order valence-corrected chi connectivity index (χ4v) is 3.20. The number of carbonyl (C=O) groups is 1. The fourth-order valence-electron chi connectivity index (χ4n) is 2.40. The molecular weight excluding hydrogens is 339 g/mol. The Morgan fingerprint density at radius 1 is 1.24 bits per heavy atom. The predicted octanol–water partition coefficient (Wildman–Crippen LogP) is 4.45. The summed E-state index contributed by atoms with van der Waals surface area (Å²) in [6.07, 6.45) is 0. The van der Waals surface area contributed by atoms with Gasteiger partial charge < -0.3 is 10.1 Å². The molecule has 25 heavy (non-hydrogen) atoms. The molecule has 4 nitrogen and oxygen atoms in total. The summed E-state index contributed by atoms with van der Waals surface area (Å²) in [4.78, 5) is 16.8. The lowest BCUT2D eigenvalue weighted by Crippen LogP contribution is -2.27. The van der Waals surface area contributed by atoms with E-state index in [-0.39, 0.29) is 17.7 Å². The van der Waals surface area contributed by atoms with Crippen LogP contribution in [0.1, 0.15) is 29.0 Å². The van der Waals surface area contributed by atoms with Crippen molar-refractivity contribution in [3.63, 3.8) is 0 Å². The zero-order valence-corrected chi connectivity index (χ0v) is 14.6. The lowest BCUT2D eigenvalue weighted by molar-refractivity contribution is 0.0935. The molecule has 128 valence electrons. The van der Waals surface area contributed by atoms with Crippen LogP contribution in [0.25, 0.3) is 10.6 Å². The first-order chi connectivity index (χ1) is 12.1. The molecule has 1 N–H and O–H groups in total. The topological polar surface area (TPSA) is 51.2 Å². The molecule has 0 aliphatic carbocycles. The Bertz CT molecular complexity index is 880. The lowest BCUT2D eigenvalue weighted by Gasteiger charge is -2.14. The minimum atomic E-state index is -0.457. The van der Waals surface area contributed by atoms with Crippen LogP contribution in [-0.4, -0.2) is 18.0 Å². The molecule has 6 heteroatoms. The second-order valence-corrected chi connectivity index (χ2v) is 6.35. The van der Waals surface area contributed by atoms with Gasteiger partial charge >= 0.3 is 0 Å². The van der Waals surface area contributed by atoms with Gasteiger partial charge in [0.05, 0.1) is 13.2 Å². The molecule has 3 rings (SSSR count). The Morgan fingerprint density at radius 3 is 2.68 bits per heavy atom. The number of carbonyl (C=O) groups excluding carboxylic acids is 1. The van der Waals surface area contributed by atoms with Gasteiger partial charge in [-0.15, -0.1) is 11.3 Å². The quantitative estimate of drug-likeness (QED) is 0.735. The van der Waals surface area contributed by atoms with E-state index < -0.39 is 5.82 Å². The van der Waals surface area contributed by atoms with Crippen LogP contribution in [0.15, 0.2) is 53.9 Å². The lowest BCUT2D eigenvalue weighted by atomic mass is 10.1. The molecular formula is C19H17FN2O2S. The molecule has 1 heterocycles. The molecule has 0 saturated carbocycles. The fraction of sp³-hybridized carbons (Fsp3) is 0.158. The van der Waals surface area contributed by atoms with Crippen LogP contribution < -0.4 is 10.1 Å². The van der Waals surface area contributed by atoms with Crippen LogP contribution in [0, 0.1) is 5.82 Å². The number of nitrogens with zero attached hydrogens (tertiary/aromatic N) is 1. The van der Waals surface area contributed by atoms with Gasteiger partial charge in [-0.1, -0.05) is 36.4 Å². The first-order valence-electron chi connectivity index (χ1n) is 7.73. The van der Waals surface area contributed by atoms with Crippen molar-refractivity contribution in [1.29, 1.82) is 0 Å². The monoisotopic (exact) mass is 356 g/mol. The first kappa shape index (κ1) is 17.1. The summed E-state index contributed by atoms with van der Waals surface area (Å²) in [7, 11) is 1.41. The first-order valence-corrected chi connectivity index (χ1v) is 8.61. The third kappa shape index (κ3) is 3.85. The number of rotatable bonds is 5. The maximum Gasteiger partial charge on any atom is 0.271 e. The summed E-state index contributed by atoms with van der Waals surface area (Å²) in [5.41, 5.74) is 1.98. The second-order valence-electron chi connectivity index (χ2n) is 5.49. The van der Waals surface area contributed by atoms with Crippen LogP contribution in [0.3, 0.4) is 0 Å². The molecule has 0 aliphatic heterocycles. The van der Waals surface area contributed by atoms with Crippen LogP contribution in [0.5, 0.6) is 5.75 Å². The van der Waals surface area contributed by atoms with Crippen molar-refractivity contribution >= 4 is 17.2 Å². The molecule has 1 atom stereocenters. The maximum atomic E-state index is 13.8. The van der Waals surface area contributed by atoms with Gasteiger partial charge in [-0.25, -0.2) is 9.37 Å². The van der Waals surface area contributed by atoms with Crippen molar-refractivity contribution < 1.29 is 13.9 Å². The minimum Gasteiger partial charge on any atom is -0.494 e. The van der Waals surface area contributed by atoms with Crippen molar-refractivity contribution in [3.05, 3.63) is 71.0 Å². The zero-order chi connectivity index (χ0) is 17.8. The van der Waals surface area contributed by atoms with Crippen molar-refractivity contribution in [2.75, 3.05) is 7.11 Å². The molecule has 0 fully saturated rings. The Balaban J connectivity index is 1.72. The van der Waals surface area contributed by atoms with Crippen LogP contribution in [0.4, 0.5) is 4.39 Å². The molecule has 1 aromatic heterocycles. The number of hydrogen-bond donors (Lipinski definition) is 1. The molecule has 1 amide bonds. The number of amides is 1. The zero-order valence-electron chi connectivity index (χ0n) is 13.8. The summed E-state index contributed by atoms with van der Waals surface area (Å²) in [5, 5.41) is 5.35. The summed E-state index contributed by atoms with van der Waals surface area (Å²) < 4.78 is 18.7. The van der Waals surface area contributed by atoms with E-state index in [0.29, 0.717) is 11.3 Å². The highest BCUT2D eigenvalue weighted by atomic mass is 32.1. The Labute approximate surface area is 149 Å². The average molecular weight is 356 g/mol. The third-order valence-corrected chi connectivity index (χ3v) is 4.67. The third-order valence-electron chi connectivity index (χ3n) is 3.78. The minimum absolute atomic E-state index is 0.175. The Hall–Kier alpha value is -2.73. The van der Waals surface area contributed by atoms with E-state index in [2.05, 4.69) is 10.3 Å². The highest BCUT2D eigenvalue weighted by Gasteiger charge is 2.16. The van der Waals surface area contributed by atoms with E-state index in [1.807, 2.05) is 30.3 Å². The predicted molar refractivity (Wildman–Crippen MR) is 96.4 cm³/mol. The molecule has 3 aromatic rings. The van der Waals surface area contributed by atoms with E-state index in [4.69, 9.17) is 4.74 Å². The van der Waals surface area contributed by atoms with Gasteiger partial charge in [-0.05, 0) is 24.6 Å². The van der Waals surface area contributed by atoms with Gasteiger partial charge in [-0.3, -0.25) is 4.79 Å². The number of benzene rings is 2. The summed E-state index contributed by atoms with van der Waals surface area (Å²) >= 11 is 1.41. The largest absolute Gasteiger partial charge is 0.494 e. The number of ether oxygens (including phenoxy) is 1. The normalized spacial score (nSPS) is 11.8. The Kier molecular flexibility index (Phi) is 5.09. The van der Waals surface area contributed by atoms with Crippen LogP contribution in [0.2, 0.25) is 0 Å². The smallest absolute Gasteiger partial charge is 0.271 e. The van der Waals surface area contributed by atoms with Crippen LogP contribution >= 0.6 is 11.3 Å². The average Bonchev–Trinajstić information content (AvgIpc) is 3.12.